The highest BCUT2D eigenvalue weighted by Gasteiger charge is 2.21. The van der Waals surface area contributed by atoms with Crippen LogP contribution in [0.2, 0.25) is 0 Å². The number of benzene rings is 2. The molecule has 3 aromatic rings. The first-order valence-electron chi connectivity index (χ1n) is 8.04. The number of carboxylic acid groups (broad SMARTS) is 1. The van der Waals surface area contributed by atoms with Crippen molar-refractivity contribution < 1.29 is 24.2 Å². The third-order valence-electron chi connectivity index (χ3n) is 4.37. The number of carboxylic acids is 1. The van der Waals surface area contributed by atoms with Gasteiger partial charge in [0.1, 0.15) is 11.5 Å². The molecule has 0 unspecified atom stereocenters. The molecule has 134 valence electrons. The summed E-state index contributed by atoms with van der Waals surface area (Å²) in [4.78, 5) is 24.5. The number of carbonyl (C=O) groups is 2. The monoisotopic (exact) mass is 353 g/mol. The van der Waals surface area contributed by atoms with E-state index in [2.05, 4.69) is 0 Å². The van der Waals surface area contributed by atoms with Crippen molar-refractivity contribution >= 4 is 22.8 Å². The van der Waals surface area contributed by atoms with Crippen LogP contribution in [0.3, 0.4) is 0 Å². The number of rotatable bonds is 5. The van der Waals surface area contributed by atoms with E-state index in [0.29, 0.717) is 33.8 Å². The maximum Gasteiger partial charge on any atom is 0.307 e. The fourth-order valence-electron chi connectivity index (χ4n) is 3.13. The number of para-hydroxylation sites is 1. The van der Waals surface area contributed by atoms with Crippen molar-refractivity contribution in [1.29, 1.82) is 0 Å². The lowest BCUT2D eigenvalue weighted by Gasteiger charge is -2.11. The Labute approximate surface area is 150 Å². The Bertz CT molecular complexity index is 981. The molecular weight excluding hydrogens is 334 g/mol. The quantitative estimate of drug-likeness (QED) is 0.762. The van der Waals surface area contributed by atoms with E-state index in [1.807, 2.05) is 24.3 Å². The van der Waals surface area contributed by atoms with Gasteiger partial charge < -0.3 is 14.6 Å². The molecule has 1 N–H and O–H groups in total. The van der Waals surface area contributed by atoms with Crippen LogP contribution in [0.15, 0.2) is 42.5 Å². The van der Waals surface area contributed by atoms with Gasteiger partial charge in [-0.1, -0.05) is 18.2 Å². The second-order valence-electron chi connectivity index (χ2n) is 5.89. The van der Waals surface area contributed by atoms with Gasteiger partial charge in [-0.2, -0.15) is 0 Å². The number of hydrogen-bond donors (Lipinski definition) is 1. The summed E-state index contributed by atoms with van der Waals surface area (Å²) in [6.07, 6.45) is -0.145. The highest BCUT2D eigenvalue weighted by atomic mass is 16.5. The minimum Gasteiger partial charge on any atom is -0.497 e. The first kappa shape index (κ1) is 17.5. The first-order chi connectivity index (χ1) is 12.5. The predicted octanol–water partition coefficient (Wildman–Crippen LogP) is 3.28. The summed E-state index contributed by atoms with van der Waals surface area (Å²) in [6, 6.07) is 12.2. The molecule has 0 bridgehead atoms. The summed E-state index contributed by atoms with van der Waals surface area (Å²) in [7, 11) is 3.04. The Hall–Kier alpha value is -3.28. The molecule has 6 nitrogen and oxygen atoms in total. The van der Waals surface area contributed by atoms with Crippen molar-refractivity contribution in [3.05, 3.63) is 59.3 Å². The Morgan fingerprint density at radius 3 is 2.23 bits per heavy atom. The second-order valence-corrected chi connectivity index (χ2v) is 5.89. The zero-order valence-electron chi connectivity index (χ0n) is 14.8. The molecule has 0 atom stereocenters. The van der Waals surface area contributed by atoms with Gasteiger partial charge in [0, 0.05) is 22.7 Å². The minimum atomic E-state index is -0.938. The Balaban J connectivity index is 2.21. The van der Waals surface area contributed by atoms with E-state index in [9.17, 15) is 14.7 Å². The summed E-state index contributed by atoms with van der Waals surface area (Å²) >= 11 is 0. The average Bonchev–Trinajstić information content (AvgIpc) is 2.92. The lowest BCUT2D eigenvalue weighted by Crippen LogP contribution is -2.14. The molecule has 26 heavy (non-hydrogen) atoms. The number of fused-ring (bicyclic) bond motifs is 1. The van der Waals surface area contributed by atoms with Gasteiger partial charge in [0.25, 0.3) is 5.91 Å². The van der Waals surface area contributed by atoms with Crippen LogP contribution in [-0.2, 0) is 11.2 Å². The highest BCUT2D eigenvalue weighted by molar-refractivity contribution is 6.05. The van der Waals surface area contributed by atoms with E-state index in [4.69, 9.17) is 9.47 Å². The van der Waals surface area contributed by atoms with Crippen molar-refractivity contribution in [1.82, 2.24) is 4.57 Å². The topological polar surface area (TPSA) is 77.8 Å². The van der Waals surface area contributed by atoms with Gasteiger partial charge in [-0.25, -0.2) is 0 Å². The van der Waals surface area contributed by atoms with E-state index >= 15 is 0 Å². The van der Waals surface area contributed by atoms with Crippen molar-refractivity contribution in [3.8, 4) is 11.5 Å². The Kier molecular flexibility index (Phi) is 4.67. The molecule has 0 saturated carbocycles. The van der Waals surface area contributed by atoms with Gasteiger partial charge in [0.2, 0.25) is 0 Å². The van der Waals surface area contributed by atoms with Crippen LogP contribution in [0.4, 0.5) is 0 Å². The van der Waals surface area contributed by atoms with Crippen LogP contribution in [-0.4, -0.2) is 35.8 Å². The van der Waals surface area contributed by atoms with Gasteiger partial charge in [0.15, 0.2) is 0 Å². The Morgan fingerprint density at radius 2 is 1.65 bits per heavy atom. The van der Waals surface area contributed by atoms with E-state index in [1.165, 1.54) is 14.2 Å². The number of ether oxygens (including phenoxy) is 2. The number of carbonyl (C=O) groups excluding carboxylic acids is 1. The number of aromatic nitrogens is 1. The van der Waals surface area contributed by atoms with Crippen LogP contribution in [0.1, 0.15) is 21.6 Å². The molecule has 1 heterocycles. The van der Waals surface area contributed by atoms with E-state index in [-0.39, 0.29) is 12.3 Å². The van der Waals surface area contributed by atoms with E-state index < -0.39 is 5.97 Å². The zero-order valence-corrected chi connectivity index (χ0v) is 14.8. The van der Waals surface area contributed by atoms with E-state index in [1.54, 1.807) is 29.7 Å². The lowest BCUT2D eigenvalue weighted by atomic mass is 10.1. The molecule has 0 amide bonds. The molecule has 6 heteroatoms. The molecule has 0 radical (unpaired) electrons. The van der Waals surface area contributed by atoms with Gasteiger partial charge >= 0.3 is 5.97 Å². The maximum atomic E-state index is 13.2. The highest BCUT2D eigenvalue weighted by Crippen LogP contribution is 2.29. The summed E-state index contributed by atoms with van der Waals surface area (Å²) in [5, 5.41) is 9.98. The normalized spacial score (nSPS) is 10.7. The number of aliphatic carboxylic acids is 1. The van der Waals surface area contributed by atoms with Crippen LogP contribution in [0.5, 0.6) is 11.5 Å². The van der Waals surface area contributed by atoms with Gasteiger partial charge in [0.05, 0.1) is 26.2 Å². The second kappa shape index (κ2) is 6.92. The SMILES string of the molecule is COc1cc(OC)cc(C(=O)n2c(C)c(CC(=O)O)c3ccccc32)c1. The summed E-state index contributed by atoms with van der Waals surface area (Å²) in [6.45, 7) is 1.76. The summed E-state index contributed by atoms with van der Waals surface area (Å²) < 4.78 is 12.0. The molecule has 0 aliphatic heterocycles. The number of nitrogens with zero attached hydrogens (tertiary/aromatic N) is 1. The molecule has 0 fully saturated rings. The smallest absolute Gasteiger partial charge is 0.307 e. The third kappa shape index (κ3) is 3.01. The lowest BCUT2D eigenvalue weighted by molar-refractivity contribution is -0.136. The van der Waals surface area contributed by atoms with Crippen molar-refractivity contribution in [2.75, 3.05) is 14.2 Å². The third-order valence-corrected chi connectivity index (χ3v) is 4.37. The largest absolute Gasteiger partial charge is 0.497 e. The molecule has 0 aliphatic rings. The summed E-state index contributed by atoms with van der Waals surface area (Å²) in [5.41, 5.74) is 2.32. The van der Waals surface area contributed by atoms with Crippen molar-refractivity contribution in [3.63, 3.8) is 0 Å². The Morgan fingerprint density at radius 1 is 1.04 bits per heavy atom. The molecule has 2 aromatic carbocycles. The van der Waals surface area contributed by atoms with Gasteiger partial charge in [-0.15, -0.1) is 0 Å². The molecule has 0 aliphatic carbocycles. The molecule has 0 spiro atoms. The van der Waals surface area contributed by atoms with Crippen LogP contribution >= 0.6 is 0 Å². The molecular formula is C20H19NO5. The molecule has 3 rings (SSSR count). The average molecular weight is 353 g/mol. The zero-order chi connectivity index (χ0) is 18.8. The van der Waals surface area contributed by atoms with Crippen LogP contribution < -0.4 is 9.47 Å². The minimum absolute atomic E-state index is 0.145. The maximum absolute atomic E-state index is 13.2. The standard InChI is InChI=1S/C20H19NO5/c1-12-17(11-19(22)23)16-6-4-5-7-18(16)21(12)20(24)13-8-14(25-2)10-15(9-13)26-3/h4-10H,11H2,1-3H3,(H,22,23). The van der Waals surface area contributed by atoms with Crippen LogP contribution in [0, 0.1) is 6.92 Å². The van der Waals surface area contributed by atoms with Gasteiger partial charge in [-0.3, -0.25) is 14.2 Å². The van der Waals surface area contributed by atoms with Gasteiger partial charge in [-0.05, 0) is 30.7 Å². The van der Waals surface area contributed by atoms with Crippen LogP contribution in [0.25, 0.3) is 10.9 Å². The number of methoxy groups -OCH3 is 2. The van der Waals surface area contributed by atoms with E-state index in [0.717, 1.165) is 5.39 Å². The predicted molar refractivity (Wildman–Crippen MR) is 97.3 cm³/mol. The van der Waals surface area contributed by atoms with Crippen molar-refractivity contribution in [2.45, 2.75) is 13.3 Å². The fraction of sp³-hybridized carbons (Fsp3) is 0.200. The molecule has 1 aromatic heterocycles. The molecule has 0 saturated heterocycles. The fourth-order valence-corrected chi connectivity index (χ4v) is 3.13. The first-order valence-corrected chi connectivity index (χ1v) is 8.04. The number of hydrogen-bond acceptors (Lipinski definition) is 4. The summed E-state index contributed by atoms with van der Waals surface area (Å²) in [5.74, 6) is -0.195. The van der Waals surface area contributed by atoms with Crippen molar-refractivity contribution in [2.24, 2.45) is 0 Å².